The largest absolute Gasteiger partial charge is 0.465 e. The summed E-state index contributed by atoms with van der Waals surface area (Å²) in [6, 6.07) is 7.48. The van der Waals surface area contributed by atoms with Crippen molar-refractivity contribution in [3.63, 3.8) is 0 Å². The number of hydrogen-bond donors (Lipinski definition) is 1. The van der Waals surface area contributed by atoms with E-state index < -0.39 is 12.3 Å². The lowest BCUT2D eigenvalue weighted by atomic mass is 9.81. The van der Waals surface area contributed by atoms with Crippen LogP contribution in [-0.2, 0) is 28.5 Å². The summed E-state index contributed by atoms with van der Waals surface area (Å²) in [5, 5.41) is 8.83. The van der Waals surface area contributed by atoms with Gasteiger partial charge >= 0.3 is 5.97 Å². The lowest BCUT2D eigenvalue weighted by Gasteiger charge is -2.39. The Morgan fingerprint density at radius 2 is 1.71 bits per heavy atom. The Morgan fingerprint density at radius 1 is 1.03 bits per heavy atom. The normalized spacial score (nSPS) is 21.9. The molecule has 9 heteroatoms. The number of aliphatic hydroxyl groups excluding tert-OH is 1. The number of amides is 1. The fourth-order valence-electron chi connectivity index (χ4n) is 5.18. The van der Waals surface area contributed by atoms with E-state index in [1.165, 1.54) is 13.5 Å². The van der Waals surface area contributed by atoms with Gasteiger partial charge in [-0.25, -0.2) is 4.79 Å². The number of carbonyl (C=O) groups is 2. The summed E-state index contributed by atoms with van der Waals surface area (Å²) in [5.74, 6) is -0.528. The molecule has 3 rings (SSSR count). The number of allylic oxidation sites excluding steroid dienone is 1. The number of hydrogen-bond acceptors (Lipinski definition) is 8. The molecule has 1 fully saturated rings. The number of nitrogens with zero attached hydrogens (tertiary/aromatic N) is 1. The first-order valence-corrected chi connectivity index (χ1v) is 13.7. The number of rotatable bonds is 14. The molecule has 1 aromatic rings. The van der Waals surface area contributed by atoms with Gasteiger partial charge in [0, 0.05) is 38.1 Å². The van der Waals surface area contributed by atoms with Gasteiger partial charge in [0.2, 0.25) is 6.29 Å². The highest BCUT2D eigenvalue weighted by molar-refractivity contribution is 5.92. The minimum atomic E-state index is -0.622. The highest BCUT2D eigenvalue weighted by atomic mass is 16.7. The summed E-state index contributed by atoms with van der Waals surface area (Å²) in [4.78, 5) is 27.4. The van der Waals surface area contributed by atoms with Crippen LogP contribution in [-0.4, -0.2) is 88.0 Å². The van der Waals surface area contributed by atoms with Gasteiger partial charge in [-0.1, -0.05) is 31.4 Å². The Kier molecular flexibility index (Phi) is 12.5. The molecule has 1 saturated carbocycles. The number of esters is 1. The zero-order valence-corrected chi connectivity index (χ0v) is 22.9. The molecule has 212 valence electrons. The Morgan fingerprint density at radius 3 is 2.34 bits per heavy atom. The SMILES string of the molecule is CCO[C@@H]1OC(C(=O)N(C)C2CCCCC2)=C[C@H](c2ccc(C(=O)OC)cc2)[C@H]1CCOCCOCCO. The van der Waals surface area contributed by atoms with E-state index in [4.69, 9.17) is 28.8 Å². The van der Waals surface area contributed by atoms with Crippen molar-refractivity contribution in [2.45, 2.75) is 63.7 Å². The second-order valence-electron chi connectivity index (χ2n) is 9.72. The summed E-state index contributed by atoms with van der Waals surface area (Å²) in [7, 11) is 3.22. The van der Waals surface area contributed by atoms with Gasteiger partial charge < -0.3 is 33.7 Å². The maximum Gasteiger partial charge on any atom is 0.337 e. The van der Waals surface area contributed by atoms with E-state index >= 15 is 0 Å². The van der Waals surface area contributed by atoms with Crippen molar-refractivity contribution in [3.8, 4) is 0 Å². The third-order valence-corrected chi connectivity index (χ3v) is 7.29. The van der Waals surface area contributed by atoms with Crippen molar-refractivity contribution in [1.82, 2.24) is 4.90 Å². The van der Waals surface area contributed by atoms with Gasteiger partial charge in [0.15, 0.2) is 5.76 Å². The van der Waals surface area contributed by atoms with Crippen LogP contribution in [0.4, 0.5) is 0 Å². The molecule has 2 aliphatic rings. The number of aliphatic hydroxyl groups is 1. The quantitative estimate of drug-likeness (QED) is 0.286. The smallest absolute Gasteiger partial charge is 0.337 e. The second-order valence-corrected chi connectivity index (χ2v) is 9.72. The van der Waals surface area contributed by atoms with Gasteiger partial charge in [-0.3, -0.25) is 4.79 Å². The number of likely N-dealkylation sites (N-methyl/N-ethyl adjacent to an activating group) is 1. The Bertz CT molecular complexity index is 896. The van der Waals surface area contributed by atoms with Crippen LogP contribution in [0.25, 0.3) is 0 Å². The van der Waals surface area contributed by atoms with Crippen LogP contribution in [0.2, 0.25) is 0 Å². The Hall–Kier alpha value is -2.46. The lowest BCUT2D eigenvalue weighted by molar-refractivity contribution is -0.172. The number of benzene rings is 1. The molecule has 38 heavy (non-hydrogen) atoms. The van der Waals surface area contributed by atoms with Gasteiger partial charge in [-0.05, 0) is 50.0 Å². The predicted octanol–water partition coefficient (Wildman–Crippen LogP) is 3.66. The molecule has 0 spiro atoms. The van der Waals surface area contributed by atoms with Crippen molar-refractivity contribution in [1.29, 1.82) is 0 Å². The molecule has 1 aromatic carbocycles. The summed E-state index contributed by atoms with van der Waals surface area (Å²) in [5.41, 5.74) is 1.41. The fourth-order valence-corrected chi connectivity index (χ4v) is 5.18. The monoisotopic (exact) mass is 533 g/mol. The van der Waals surface area contributed by atoms with Gasteiger partial charge in [0.1, 0.15) is 0 Å². The van der Waals surface area contributed by atoms with Crippen LogP contribution in [0, 0.1) is 5.92 Å². The summed E-state index contributed by atoms with van der Waals surface area (Å²) < 4.78 is 28.1. The molecule has 1 N–H and O–H groups in total. The standard InChI is InChI=1S/C29H43NO8/c1-4-37-29-24(14-16-35-18-19-36-17-15-31)25(21-10-12-22(13-11-21)28(33)34-3)20-26(38-29)27(32)30(2)23-8-6-5-7-9-23/h10-13,20,23-25,29,31H,4-9,14-19H2,1-3H3/t24-,25-,29-/m1/s1. The molecule has 3 atom stereocenters. The maximum atomic E-state index is 13.6. The van der Waals surface area contributed by atoms with Crippen molar-refractivity contribution in [2.24, 2.45) is 5.92 Å². The van der Waals surface area contributed by atoms with E-state index in [1.54, 1.807) is 12.1 Å². The highest BCUT2D eigenvalue weighted by Crippen LogP contribution is 2.39. The van der Waals surface area contributed by atoms with Gasteiger partial charge in [0.25, 0.3) is 5.91 Å². The summed E-state index contributed by atoms with van der Waals surface area (Å²) >= 11 is 0. The minimum absolute atomic E-state index is 0.0186. The van der Waals surface area contributed by atoms with Gasteiger partial charge in [-0.2, -0.15) is 0 Å². The van der Waals surface area contributed by atoms with Crippen molar-refractivity contribution in [2.75, 3.05) is 53.8 Å². The zero-order chi connectivity index (χ0) is 27.3. The van der Waals surface area contributed by atoms with E-state index in [9.17, 15) is 9.59 Å². The molecule has 0 saturated heterocycles. The molecule has 9 nitrogen and oxygen atoms in total. The van der Waals surface area contributed by atoms with E-state index in [0.29, 0.717) is 44.2 Å². The Balaban J connectivity index is 1.83. The van der Waals surface area contributed by atoms with Crippen LogP contribution in [0.15, 0.2) is 36.1 Å². The number of methoxy groups -OCH3 is 1. The third kappa shape index (κ3) is 8.27. The second kappa shape index (κ2) is 15.8. The lowest BCUT2D eigenvalue weighted by Crippen LogP contribution is -2.43. The molecule has 1 heterocycles. The van der Waals surface area contributed by atoms with Crippen LogP contribution in [0.1, 0.15) is 67.3 Å². The number of carbonyl (C=O) groups excluding carboxylic acids is 2. The molecule has 0 bridgehead atoms. The van der Waals surface area contributed by atoms with E-state index in [-0.39, 0.29) is 37.0 Å². The average molecular weight is 534 g/mol. The summed E-state index contributed by atoms with van der Waals surface area (Å²) in [6.07, 6.45) is 7.39. The molecule has 1 aliphatic heterocycles. The molecular weight excluding hydrogens is 490 g/mol. The molecule has 0 aromatic heterocycles. The van der Waals surface area contributed by atoms with Crippen molar-refractivity contribution in [3.05, 3.63) is 47.2 Å². The van der Waals surface area contributed by atoms with Crippen LogP contribution < -0.4 is 0 Å². The van der Waals surface area contributed by atoms with Crippen LogP contribution >= 0.6 is 0 Å². The first-order valence-electron chi connectivity index (χ1n) is 13.7. The Labute approximate surface area is 226 Å². The van der Waals surface area contributed by atoms with Gasteiger partial charge in [-0.15, -0.1) is 0 Å². The zero-order valence-electron chi connectivity index (χ0n) is 22.9. The third-order valence-electron chi connectivity index (χ3n) is 7.29. The first kappa shape index (κ1) is 30.1. The minimum Gasteiger partial charge on any atom is -0.465 e. The summed E-state index contributed by atoms with van der Waals surface area (Å²) in [6.45, 7) is 3.88. The van der Waals surface area contributed by atoms with E-state index in [0.717, 1.165) is 31.2 Å². The van der Waals surface area contributed by atoms with Crippen LogP contribution in [0.3, 0.4) is 0 Å². The predicted molar refractivity (Wildman–Crippen MR) is 142 cm³/mol. The average Bonchev–Trinajstić information content (AvgIpc) is 2.96. The van der Waals surface area contributed by atoms with E-state index in [2.05, 4.69) is 0 Å². The molecule has 1 aliphatic carbocycles. The topological polar surface area (TPSA) is 104 Å². The highest BCUT2D eigenvalue weighted by Gasteiger charge is 2.39. The van der Waals surface area contributed by atoms with Gasteiger partial charge in [0.05, 0.1) is 39.1 Å². The van der Waals surface area contributed by atoms with Crippen LogP contribution in [0.5, 0.6) is 0 Å². The molecule has 0 unspecified atom stereocenters. The number of ether oxygens (including phenoxy) is 5. The molecular formula is C29H43NO8. The van der Waals surface area contributed by atoms with Crippen molar-refractivity contribution < 1.29 is 38.4 Å². The fraction of sp³-hybridized carbons (Fsp3) is 0.655. The van der Waals surface area contributed by atoms with Crippen molar-refractivity contribution >= 4 is 11.9 Å². The first-order chi connectivity index (χ1) is 18.5. The van der Waals surface area contributed by atoms with E-state index in [1.807, 2.05) is 37.1 Å². The molecule has 1 amide bonds. The maximum absolute atomic E-state index is 13.6. The molecule has 0 radical (unpaired) electrons.